The molecule has 0 unspecified atom stereocenters. The second-order valence-electron chi connectivity index (χ2n) is 14.9. The van der Waals surface area contributed by atoms with Gasteiger partial charge in [-0.2, -0.15) is 0 Å². The minimum absolute atomic E-state index is 0.0684. The summed E-state index contributed by atoms with van der Waals surface area (Å²) >= 11 is 0. The van der Waals surface area contributed by atoms with Gasteiger partial charge in [-0.15, -0.1) is 0 Å². The zero-order chi connectivity index (χ0) is 41.8. The fraction of sp³-hybridized carbons (Fsp3) is 0.362. The maximum Gasteiger partial charge on any atom is 0.229 e. The molecule has 5 aromatic rings. The monoisotopic (exact) mass is 831 g/mol. The number of hydrogen-bond donors (Lipinski definition) is 1. The number of benzene rings is 5. The highest BCUT2D eigenvalue weighted by molar-refractivity contribution is 5.31. The minimum Gasteiger partial charge on any atom is -0.497 e. The number of methoxy groups -OCH3 is 1. The van der Waals surface area contributed by atoms with Crippen molar-refractivity contribution in [2.45, 2.75) is 87.5 Å². The predicted molar refractivity (Wildman–Crippen MR) is 221 cm³/mol. The summed E-state index contributed by atoms with van der Waals surface area (Å²) in [7, 11) is 1.59. The lowest BCUT2D eigenvalue weighted by atomic mass is 9.95. The van der Waals surface area contributed by atoms with Gasteiger partial charge < -0.3 is 52.5 Å². The lowest BCUT2D eigenvalue weighted by molar-refractivity contribution is -0.372. The number of azide groups is 1. The number of aliphatic hydroxyl groups is 1. The Morgan fingerprint density at radius 2 is 1.23 bits per heavy atom. The van der Waals surface area contributed by atoms with Gasteiger partial charge in [-0.3, -0.25) is 0 Å². The van der Waals surface area contributed by atoms with Crippen LogP contribution in [0.15, 0.2) is 151 Å². The summed E-state index contributed by atoms with van der Waals surface area (Å²) in [6, 6.07) is 44.5. The standard InChI is InChI=1S/C47H49N3O11/c1-52-35-22-24-36(25-23-35)57-47-44(55-28-33-18-10-4-11-19-33)43(42(54-27-32-16-8-3-9-17-32)37(59-47)29-53-26-31-14-6-2-7-15-31)61-46-39(49-50-48)40(51)41-38(58-46)30-56-45(60-41)34-20-12-5-13-21-34/h2-25,37-47,51H,26-30H2,1H3/t37-,38-,39-,40-,41+,42+,43+,44-,45+,46+,47-/m1/s1. The maximum absolute atomic E-state index is 11.9. The Bertz CT molecular complexity index is 2120. The Hall–Kier alpha value is -5.35. The number of hydrogen-bond acceptors (Lipinski definition) is 12. The minimum atomic E-state index is -1.33. The van der Waals surface area contributed by atoms with Crippen molar-refractivity contribution in [2.24, 2.45) is 5.11 Å². The molecule has 3 aliphatic rings. The molecule has 318 valence electrons. The number of ether oxygens (including phenoxy) is 10. The Morgan fingerprint density at radius 3 is 1.84 bits per heavy atom. The van der Waals surface area contributed by atoms with E-state index in [1.807, 2.05) is 121 Å². The highest BCUT2D eigenvalue weighted by Gasteiger charge is 2.55. The molecule has 5 aromatic carbocycles. The van der Waals surface area contributed by atoms with Crippen molar-refractivity contribution in [3.63, 3.8) is 0 Å². The summed E-state index contributed by atoms with van der Waals surface area (Å²) in [6.45, 7) is 0.779. The number of rotatable bonds is 17. The van der Waals surface area contributed by atoms with Crippen molar-refractivity contribution in [3.8, 4) is 11.5 Å². The van der Waals surface area contributed by atoms with Crippen LogP contribution in [0.4, 0.5) is 0 Å². The molecule has 11 atom stereocenters. The summed E-state index contributed by atoms with van der Waals surface area (Å²) in [4.78, 5) is 3.10. The van der Waals surface area contributed by atoms with E-state index in [-0.39, 0.29) is 26.4 Å². The molecule has 0 amide bonds. The van der Waals surface area contributed by atoms with Crippen molar-refractivity contribution in [1.82, 2.24) is 0 Å². The summed E-state index contributed by atoms with van der Waals surface area (Å²) in [5.74, 6) is 1.13. The first-order chi connectivity index (χ1) is 30.1. The molecular weight excluding hydrogens is 783 g/mol. The zero-order valence-electron chi connectivity index (χ0n) is 33.6. The van der Waals surface area contributed by atoms with Crippen LogP contribution in [-0.2, 0) is 57.7 Å². The predicted octanol–water partition coefficient (Wildman–Crippen LogP) is 7.45. The van der Waals surface area contributed by atoms with Crippen LogP contribution >= 0.6 is 0 Å². The Kier molecular flexibility index (Phi) is 14.5. The van der Waals surface area contributed by atoms with Gasteiger partial charge in [-0.05, 0) is 46.5 Å². The highest BCUT2D eigenvalue weighted by Crippen LogP contribution is 2.39. The molecule has 0 bridgehead atoms. The van der Waals surface area contributed by atoms with Crippen LogP contribution in [0.25, 0.3) is 10.4 Å². The van der Waals surface area contributed by atoms with Crippen LogP contribution in [0.3, 0.4) is 0 Å². The molecule has 61 heavy (non-hydrogen) atoms. The SMILES string of the molecule is COc1ccc(O[C@@H]2O[C@H](COCc3ccccc3)[C@H](OCc3ccccc3)[C@H](O[C@@H]3O[C@@H]4CO[C@H](c5ccccc5)O[C@@H]4[C@H](O)[C@H]3N=[N+]=[N-])[C@H]2OCc2ccccc2)cc1. The van der Waals surface area contributed by atoms with Gasteiger partial charge in [-0.1, -0.05) is 126 Å². The highest BCUT2D eigenvalue weighted by atomic mass is 16.8. The molecule has 3 aliphatic heterocycles. The van der Waals surface area contributed by atoms with Crippen molar-refractivity contribution in [1.29, 1.82) is 0 Å². The second kappa shape index (κ2) is 21.0. The first-order valence-electron chi connectivity index (χ1n) is 20.3. The van der Waals surface area contributed by atoms with Gasteiger partial charge >= 0.3 is 0 Å². The van der Waals surface area contributed by atoms with E-state index < -0.39 is 67.6 Å². The fourth-order valence-corrected chi connectivity index (χ4v) is 7.64. The molecule has 3 saturated heterocycles. The Morgan fingerprint density at radius 1 is 0.656 bits per heavy atom. The van der Waals surface area contributed by atoms with Crippen LogP contribution in [0, 0.1) is 0 Å². The Labute approximate surface area is 354 Å². The van der Waals surface area contributed by atoms with Gasteiger partial charge in [0.05, 0.1) is 46.2 Å². The third kappa shape index (κ3) is 10.8. The second-order valence-corrected chi connectivity index (χ2v) is 14.9. The molecule has 0 aliphatic carbocycles. The summed E-state index contributed by atoms with van der Waals surface area (Å²) in [6.07, 6.45) is -9.85. The van der Waals surface area contributed by atoms with E-state index in [0.717, 1.165) is 22.3 Å². The van der Waals surface area contributed by atoms with Crippen molar-refractivity contribution in [2.75, 3.05) is 20.3 Å². The number of nitrogens with zero attached hydrogens (tertiary/aromatic N) is 3. The third-order valence-electron chi connectivity index (χ3n) is 10.7. The van der Waals surface area contributed by atoms with Gasteiger partial charge in [0.25, 0.3) is 0 Å². The molecule has 14 heteroatoms. The summed E-state index contributed by atoms with van der Waals surface area (Å²) in [5, 5.41) is 15.9. The van der Waals surface area contributed by atoms with Crippen LogP contribution in [0.5, 0.6) is 11.5 Å². The zero-order valence-corrected chi connectivity index (χ0v) is 33.6. The smallest absolute Gasteiger partial charge is 0.229 e. The van der Waals surface area contributed by atoms with Crippen LogP contribution < -0.4 is 9.47 Å². The molecule has 8 rings (SSSR count). The molecule has 3 heterocycles. The van der Waals surface area contributed by atoms with Crippen LogP contribution in [0.2, 0.25) is 0 Å². The Balaban J connectivity index is 1.14. The fourth-order valence-electron chi connectivity index (χ4n) is 7.64. The van der Waals surface area contributed by atoms with E-state index in [0.29, 0.717) is 18.1 Å². The summed E-state index contributed by atoms with van der Waals surface area (Å²) in [5.41, 5.74) is 13.4. The molecule has 0 saturated carbocycles. The van der Waals surface area contributed by atoms with Crippen molar-refractivity contribution >= 4 is 0 Å². The van der Waals surface area contributed by atoms with Crippen molar-refractivity contribution in [3.05, 3.63) is 178 Å². The van der Waals surface area contributed by atoms with Gasteiger partial charge in [0.15, 0.2) is 12.6 Å². The molecule has 14 nitrogen and oxygen atoms in total. The topological polar surface area (TPSA) is 161 Å². The van der Waals surface area contributed by atoms with Gasteiger partial charge in [0.1, 0.15) is 54.2 Å². The largest absolute Gasteiger partial charge is 0.497 e. The number of aliphatic hydroxyl groups excluding tert-OH is 1. The third-order valence-corrected chi connectivity index (χ3v) is 10.7. The van der Waals surface area contributed by atoms with E-state index in [1.54, 1.807) is 31.4 Å². The van der Waals surface area contributed by atoms with E-state index in [2.05, 4.69) is 10.0 Å². The maximum atomic E-state index is 11.9. The normalized spacial score (nSPS) is 28.5. The average molecular weight is 832 g/mol. The first-order valence-corrected chi connectivity index (χ1v) is 20.3. The quantitative estimate of drug-likeness (QED) is 0.0563. The van der Waals surface area contributed by atoms with E-state index in [4.69, 9.17) is 47.4 Å². The van der Waals surface area contributed by atoms with Crippen LogP contribution in [0.1, 0.15) is 28.5 Å². The molecule has 0 spiro atoms. The van der Waals surface area contributed by atoms with Gasteiger partial charge in [0, 0.05) is 10.5 Å². The van der Waals surface area contributed by atoms with E-state index >= 15 is 0 Å². The lowest BCUT2D eigenvalue weighted by Gasteiger charge is -2.50. The van der Waals surface area contributed by atoms with Gasteiger partial charge in [0.2, 0.25) is 6.29 Å². The lowest BCUT2D eigenvalue weighted by Crippen LogP contribution is -2.66. The van der Waals surface area contributed by atoms with E-state index in [9.17, 15) is 10.6 Å². The molecule has 0 aromatic heterocycles. The van der Waals surface area contributed by atoms with E-state index in [1.165, 1.54) is 0 Å². The van der Waals surface area contributed by atoms with Crippen molar-refractivity contribution < 1.29 is 52.5 Å². The molecule has 0 radical (unpaired) electrons. The first kappa shape index (κ1) is 42.3. The van der Waals surface area contributed by atoms with Crippen LogP contribution in [-0.4, -0.2) is 86.8 Å². The average Bonchev–Trinajstić information content (AvgIpc) is 3.31. The van der Waals surface area contributed by atoms with Gasteiger partial charge in [-0.25, -0.2) is 0 Å². The summed E-state index contributed by atoms with van der Waals surface area (Å²) < 4.78 is 64.6. The molecular formula is C47H49N3O11. The molecule has 3 fully saturated rings. The molecule has 1 N–H and O–H groups in total. The number of fused-ring (bicyclic) bond motifs is 1.